The van der Waals surface area contributed by atoms with Crippen LogP contribution in [-0.2, 0) is 9.84 Å². The summed E-state index contributed by atoms with van der Waals surface area (Å²) in [5, 5.41) is 0.503. The van der Waals surface area contributed by atoms with Crippen molar-refractivity contribution in [2.24, 2.45) is 0 Å². The molecule has 0 aliphatic carbocycles. The highest BCUT2D eigenvalue weighted by Gasteiger charge is 2.34. The standard InChI is InChI=1S/C15H12O3S2/c1-2-7-14(15(16)13-10-6-11-19-13)20(17,18)12-8-4-3-5-9-12/h1,3-6,8-11,14H,7H2. The van der Waals surface area contributed by atoms with Crippen LogP contribution in [0, 0.1) is 12.3 Å². The zero-order valence-corrected chi connectivity index (χ0v) is 12.2. The summed E-state index contributed by atoms with van der Waals surface area (Å²) < 4.78 is 25.1. The van der Waals surface area contributed by atoms with Crippen LogP contribution >= 0.6 is 11.3 Å². The molecule has 1 heterocycles. The van der Waals surface area contributed by atoms with Crippen LogP contribution < -0.4 is 0 Å². The van der Waals surface area contributed by atoms with Gasteiger partial charge in [-0.25, -0.2) is 8.42 Å². The van der Waals surface area contributed by atoms with Crippen molar-refractivity contribution < 1.29 is 13.2 Å². The van der Waals surface area contributed by atoms with Crippen molar-refractivity contribution in [2.45, 2.75) is 16.6 Å². The highest BCUT2D eigenvalue weighted by molar-refractivity contribution is 7.92. The van der Waals surface area contributed by atoms with E-state index in [0.29, 0.717) is 4.88 Å². The first kappa shape index (κ1) is 14.5. The number of Topliss-reactive ketones (excluding diaryl/α,β-unsaturated/α-hetero) is 1. The van der Waals surface area contributed by atoms with Crippen molar-refractivity contribution in [3.05, 3.63) is 52.7 Å². The second-order valence-electron chi connectivity index (χ2n) is 4.10. The molecule has 1 atom stereocenters. The fraction of sp³-hybridized carbons (Fsp3) is 0.133. The molecule has 3 nitrogen and oxygen atoms in total. The maximum Gasteiger partial charge on any atom is 0.192 e. The van der Waals surface area contributed by atoms with Gasteiger partial charge in [0.2, 0.25) is 0 Å². The van der Waals surface area contributed by atoms with Crippen molar-refractivity contribution in [3.63, 3.8) is 0 Å². The monoisotopic (exact) mass is 304 g/mol. The Morgan fingerprint density at radius 3 is 2.45 bits per heavy atom. The molecule has 0 saturated carbocycles. The minimum Gasteiger partial charge on any atom is -0.292 e. The van der Waals surface area contributed by atoms with Crippen LogP contribution in [0.2, 0.25) is 0 Å². The molecule has 0 aliphatic heterocycles. The molecule has 0 bridgehead atoms. The summed E-state index contributed by atoms with van der Waals surface area (Å²) in [6, 6.07) is 11.2. The van der Waals surface area contributed by atoms with Crippen molar-refractivity contribution in [1.29, 1.82) is 0 Å². The van der Waals surface area contributed by atoms with Crippen LogP contribution in [0.1, 0.15) is 16.1 Å². The van der Waals surface area contributed by atoms with Gasteiger partial charge in [0.15, 0.2) is 15.6 Å². The van der Waals surface area contributed by atoms with Crippen LogP contribution in [0.5, 0.6) is 0 Å². The number of thiophene rings is 1. The fourth-order valence-electron chi connectivity index (χ4n) is 1.80. The van der Waals surface area contributed by atoms with Crippen molar-refractivity contribution in [1.82, 2.24) is 0 Å². The number of sulfone groups is 1. The normalized spacial score (nSPS) is 12.6. The summed E-state index contributed by atoms with van der Waals surface area (Å²) in [6.07, 6.45) is 5.10. The Labute approximate surface area is 122 Å². The Kier molecular flexibility index (Phi) is 4.38. The molecule has 1 aromatic carbocycles. The van der Waals surface area contributed by atoms with Gasteiger partial charge in [-0.2, -0.15) is 0 Å². The van der Waals surface area contributed by atoms with Gasteiger partial charge in [-0.1, -0.05) is 24.3 Å². The molecule has 0 N–H and O–H groups in total. The maximum absolute atomic E-state index is 12.5. The molecule has 5 heteroatoms. The van der Waals surface area contributed by atoms with Gasteiger partial charge in [-0.15, -0.1) is 23.7 Å². The Hall–Kier alpha value is -1.90. The molecule has 0 radical (unpaired) electrons. The molecule has 0 spiro atoms. The number of terminal acetylenes is 1. The third-order valence-corrected chi connectivity index (χ3v) is 5.75. The smallest absolute Gasteiger partial charge is 0.192 e. The first-order valence-electron chi connectivity index (χ1n) is 5.87. The van der Waals surface area contributed by atoms with Gasteiger partial charge in [0, 0.05) is 6.42 Å². The average Bonchev–Trinajstić information content (AvgIpc) is 2.99. The zero-order chi connectivity index (χ0) is 14.6. The molecule has 0 fully saturated rings. The van der Waals surface area contributed by atoms with Crippen molar-refractivity contribution in [2.75, 3.05) is 0 Å². The summed E-state index contributed by atoms with van der Waals surface area (Å²) in [4.78, 5) is 12.9. The Balaban J connectivity index is 2.44. The lowest BCUT2D eigenvalue weighted by Gasteiger charge is -2.13. The van der Waals surface area contributed by atoms with Crippen LogP contribution in [0.25, 0.3) is 0 Å². The molecule has 102 valence electrons. The van der Waals surface area contributed by atoms with Crippen molar-refractivity contribution in [3.8, 4) is 12.3 Å². The second kappa shape index (κ2) is 6.04. The number of ketones is 1. The van der Waals surface area contributed by atoms with E-state index in [9.17, 15) is 13.2 Å². The van der Waals surface area contributed by atoms with Crippen molar-refractivity contribution >= 4 is 27.0 Å². The largest absolute Gasteiger partial charge is 0.292 e. The van der Waals surface area contributed by atoms with E-state index < -0.39 is 20.9 Å². The van der Waals surface area contributed by atoms with Gasteiger partial charge >= 0.3 is 0 Å². The minimum atomic E-state index is -3.77. The lowest BCUT2D eigenvalue weighted by atomic mass is 10.2. The van der Waals surface area contributed by atoms with E-state index in [0.717, 1.165) is 0 Å². The number of carbonyl (C=O) groups excluding carboxylic acids is 1. The average molecular weight is 304 g/mol. The van der Waals surface area contributed by atoms with E-state index in [2.05, 4.69) is 5.92 Å². The van der Waals surface area contributed by atoms with Crippen LogP contribution in [0.4, 0.5) is 0 Å². The minimum absolute atomic E-state index is 0.116. The molecule has 0 saturated heterocycles. The van der Waals surface area contributed by atoms with Gasteiger partial charge in [0.1, 0.15) is 5.25 Å². The second-order valence-corrected chi connectivity index (χ2v) is 7.17. The highest BCUT2D eigenvalue weighted by Crippen LogP contribution is 2.23. The topological polar surface area (TPSA) is 51.2 Å². The summed E-state index contributed by atoms with van der Waals surface area (Å²) >= 11 is 1.21. The summed E-state index contributed by atoms with van der Waals surface area (Å²) in [6.45, 7) is 0. The Morgan fingerprint density at radius 1 is 1.20 bits per heavy atom. The lowest BCUT2D eigenvalue weighted by molar-refractivity contribution is 0.0991. The third kappa shape index (κ3) is 2.82. The first-order chi connectivity index (χ1) is 9.57. The SMILES string of the molecule is C#CCC(C(=O)c1cccs1)S(=O)(=O)c1ccccc1. The summed E-state index contributed by atoms with van der Waals surface area (Å²) in [7, 11) is -3.77. The quantitative estimate of drug-likeness (QED) is 0.630. The van der Waals surface area contributed by atoms with Crippen LogP contribution in [0.15, 0.2) is 52.7 Å². The number of hydrogen-bond acceptors (Lipinski definition) is 4. The maximum atomic E-state index is 12.5. The molecule has 0 aliphatic rings. The summed E-state index contributed by atoms with van der Waals surface area (Å²) in [5.74, 6) is 1.85. The van der Waals surface area contributed by atoms with E-state index in [-0.39, 0.29) is 11.3 Å². The Bertz CT molecular complexity index is 723. The number of hydrogen-bond donors (Lipinski definition) is 0. The van der Waals surface area contributed by atoms with E-state index in [1.54, 1.807) is 35.7 Å². The molecule has 0 amide bonds. The van der Waals surface area contributed by atoms with Crippen LogP contribution in [-0.4, -0.2) is 19.5 Å². The molecule has 20 heavy (non-hydrogen) atoms. The predicted octanol–water partition coefficient (Wildman–Crippen LogP) is 2.80. The summed E-state index contributed by atoms with van der Waals surface area (Å²) in [5.41, 5.74) is 0. The molecular weight excluding hydrogens is 292 g/mol. The van der Waals surface area contributed by atoms with Gasteiger partial charge < -0.3 is 0 Å². The fourth-order valence-corrected chi connectivity index (χ4v) is 4.19. The van der Waals surface area contributed by atoms with Crippen LogP contribution in [0.3, 0.4) is 0 Å². The number of benzene rings is 1. The van der Waals surface area contributed by atoms with Gasteiger partial charge in [-0.05, 0) is 23.6 Å². The third-order valence-electron chi connectivity index (χ3n) is 2.81. The van der Waals surface area contributed by atoms with Gasteiger partial charge in [0.25, 0.3) is 0 Å². The predicted molar refractivity (Wildman–Crippen MR) is 79.5 cm³/mol. The number of rotatable bonds is 5. The lowest BCUT2D eigenvalue weighted by Crippen LogP contribution is -2.29. The van der Waals surface area contributed by atoms with E-state index in [1.165, 1.54) is 23.5 Å². The van der Waals surface area contributed by atoms with E-state index >= 15 is 0 Å². The number of carbonyl (C=O) groups is 1. The Morgan fingerprint density at radius 2 is 1.90 bits per heavy atom. The molecule has 1 aromatic heterocycles. The molecule has 2 rings (SSSR count). The first-order valence-corrected chi connectivity index (χ1v) is 8.30. The van der Waals surface area contributed by atoms with E-state index in [4.69, 9.17) is 6.42 Å². The molecule has 1 unspecified atom stereocenters. The molecule has 2 aromatic rings. The van der Waals surface area contributed by atoms with E-state index in [1.807, 2.05) is 0 Å². The highest BCUT2D eigenvalue weighted by atomic mass is 32.2. The zero-order valence-electron chi connectivity index (χ0n) is 10.5. The van der Waals surface area contributed by atoms with Gasteiger partial charge in [0.05, 0.1) is 9.77 Å². The molecular formula is C15H12O3S2. The van der Waals surface area contributed by atoms with Gasteiger partial charge in [-0.3, -0.25) is 4.79 Å².